The Bertz CT molecular complexity index is 1430. The summed E-state index contributed by atoms with van der Waals surface area (Å²) in [6.45, 7) is 1.99. The highest BCUT2D eigenvalue weighted by Gasteiger charge is 2.24. The zero-order chi connectivity index (χ0) is 27.2. The highest BCUT2D eigenvalue weighted by Crippen LogP contribution is 2.33. The van der Waals surface area contributed by atoms with Crippen molar-refractivity contribution in [3.63, 3.8) is 0 Å². The van der Waals surface area contributed by atoms with Crippen molar-refractivity contribution in [2.75, 3.05) is 20.2 Å². The molecule has 2 aliphatic rings. The number of ether oxygens (including phenoxy) is 2. The molecule has 2 amide bonds. The molecule has 0 atom stereocenters. The van der Waals surface area contributed by atoms with Gasteiger partial charge < -0.3 is 19.7 Å². The summed E-state index contributed by atoms with van der Waals surface area (Å²) in [7, 11) is 1.58. The van der Waals surface area contributed by atoms with Gasteiger partial charge in [0.05, 0.1) is 17.7 Å². The average Bonchev–Trinajstić information content (AvgIpc) is 3.30. The van der Waals surface area contributed by atoms with Gasteiger partial charge in [0.15, 0.2) is 16.7 Å². The summed E-state index contributed by atoms with van der Waals surface area (Å²) in [6.07, 6.45) is 5.11. The lowest BCUT2D eigenvalue weighted by atomic mass is 10.1. The van der Waals surface area contributed by atoms with Gasteiger partial charge >= 0.3 is 0 Å². The van der Waals surface area contributed by atoms with E-state index in [1.165, 1.54) is 18.2 Å². The summed E-state index contributed by atoms with van der Waals surface area (Å²) in [5, 5.41) is 3.85. The van der Waals surface area contributed by atoms with Gasteiger partial charge in [0.25, 0.3) is 11.8 Å². The SMILES string of the molecule is COc1cc(/C=C2\SC(=Nc3cccc(Cl)c3)NC2=O)ccc1OCc1ccc(C(=O)N2CCCCC2)cc1. The van der Waals surface area contributed by atoms with Gasteiger partial charge in [-0.3, -0.25) is 9.59 Å². The smallest absolute Gasteiger partial charge is 0.264 e. The number of amides is 2. The number of hydrogen-bond acceptors (Lipinski definition) is 6. The number of carbonyl (C=O) groups excluding carboxylic acids is 2. The Morgan fingerprint density at radius 1 is 1.05 bits per heavy atom. The summed E-state index contributed by atoms with van der Waals surface area (Å²) in [5.74, 6) is 1.00. The zero-order valence-electron chi connectivity index (χ0n) is 21.5. The normalized spacial score (nSPS) is 17.4. The number of halogens is 1. The monoisotopic (exact) mass is 561 g/mol. The number of hydrogen-bond donors (Lipinski definition) is 1. The van der Waals surface area contributed by atoms with Gasteiger partial charge in [0, 0.05) is 23.7 Å². The Morgan fingerprint density at radius 3 is 2.59 bits per heavy atom. The van der Waals surface area contributed by atoms with Crippen LogP contribution in [0, 0.1) is 0 Å². The third kappa shape index (κ3) is 6.82. The largest absolute Gasteiger partial charge is 0.493 e. The van der Waals surface area contributed by atoms with Gasteiger partial charge in [-0.05, 0) is 90.7 Å². The molecule has 2 aliphatic heterocycles. The summed E-state index contributed by atoms with van der Waals surface area (Å²) >= 11 is 7.29. The van der Waals surface area contributed by atoms with Crippen molar-refractivity contribution in [3.05, 3.63) is 93.3 Å². The fraction of sp³-hybridized carbons (Fsp3) is 0.233. The van der Waals surface area contributed by atoms with Crippen molar-refractivity contribution in [2.24, 2.45) is 4.99 Å². The van der Waals surface area contributed by atoms with E-state index in [1.807, 2.05) is 59.5 Å². The van der Waals surface area contributed by atoms with Crippen LogP contribution >= 0.6 is 23.4 Å². The van der Waals surface area contributed by atoms with E-state index in [9.17, 15) is 9.59 Å². The molecule has 2 saturated heterocycles. The van der Waals surface area contributed by atoms with Crippen molar-refractivity contribution in [2.45, 2.75) is 25.9 Å². The number of rotatable bonds is 7. The van der Waals surface area contributed by atoms with Crippen LogP contribution in [0.2, 0.25) is 5.02 Å². The first-order valence-corrected chi connectivity index (χ1v) is 13.9. The third-order valence-electron chi connectivity index (χ3n) is 6.41. The summed E-state index contributed by atoms with van der Waals surface area (Å²) in [4.78, 5) is 32.1. The van der Waals surface area contributed by atoms with Crippen molar-refractivity contribution in [3.8, 4) is 11.5 Å². The van der Waals surface area contributed by atoms with E-state index < -0.39 is 0 Å². The molecule has 3 aromatic carbocycles. The average molecular weight is 562 g/mol. The van der Waals surface area contributed by atoms with E-state index in [-0.39, 0.29) is 11.8 Å². The fourth-order valence-corrected chi connectivity index (χ4v) is 5.40. The van der Waals surface area contributed by atoms with E-state index in [0.717, 1.165) is 37.1 Å². The van der Waals surface area contributed by atoms with Crippen molar-refractivity contribution in [1.82, 2.24) is 10.2 Å². The van der Waals surface area contributed by atoms with Gasteiger partial charge in [-0.15, -0.1) is 0 Å². The lowest BCUT2D eigenvalue weighted by Gasteiger charge is -2.26. The number of benzene rings is 3. The Hall–Kier alpha value is -3.75. The molecule has 2 fully saturated rings. The van der Waals surface area contributed by atoms with Crippen LogP contribution in [-0.2, 0) is 11.4 Å². The number of nitrogens with one attached hydrogen (secondary N) is 1. The van der Waals surface area contributed by atoms with Crippen molar-refractivity contribution in [1.29, 1.82) is 0 Å². The highest BCUT2D eigenvalue weighted by molar-refractivity contribution is 8.18. The fourth-order valence-electron chi connectivity index (χ4n) is 4.37. The van der Waals surface area contributed by atoms with Crippen LogP contribution in [-0.4, -0.2) is 42.1 Å². The molecule has 0 aromatic heterocycles. The molecule has 2 heterocycles. The summed E-state index contributed by atoms with van der Waals surface area (Å²) in [5.41, 5.74) is 3.11. The molecule has 0 radical (unpaired) electrons. The maximum atomic E-state index is 12.7. The molecule has 5 rings (SSSR count). The number of methoxy groups -OCH3 is 1. The third-order valence-corrected chi connectivity index (χ3v) is 7.56. The Kier molecular flexibility index (Phi) is 8.54. The zero-order valence-corrected chi connectivity index (χ0v) is 23.1. The number of thioether (sulfide) groups is 1. The van der Waals surface area contributed by atoms with Gasteiger partial charge in [0.2, 0.25) is 0 Å². The lowest BCUT2D eigenvalue weighted by Crippen LogP contribution is -2.35. The molecular weight excluding hydrogens is 534 g/mol. The van der Waals surface area contributed by atoms with Crippen LogP contribution < -0.4 is 14.8 Å². The number of amidine groups is 1. The van der Waals surface area contributed by atoms with Gasteiger partial charge in [-0.2, -0.15) is 0 Å². The van der Waals surface area contributed by atoms with Crippen LogP contribution in [0.15, 0.2) is 76.6 Å². The second-order valence-corrected chi connectivity index (χ2v) is 10.7. The molecule has 39 heavy (non-hydrogen) atoms. The molecule has 0 aliphatic carbocycles. The molecule has 9 heteroatoms. The Balaban J connectivity index is 1.22. The minimum atomic E-state index is -0.220. The number of aliphatic imine (C=N–C) groups is 1. The quantitative estimate of drug-likeness (QED) is 0.336. The first kappa shape index (κ1) is 26.8. The van der Waals surface area contributed by atoms with Crippen molar-refractivity contribution >= 4 is 52.1 Å². The van der Waals surface area contributed by atoms with Crippen LogP contribution in [0.1, 0.15) is 40.7 Å². The molecule has 3 aromatic rings. The maximum absolute atomic E-state index is 12.7. The van der Waals surface area contributed by atoms with E-state index >= 15 is 0 Å². The molecular formula is C30H28ClN3O4S. The molecule has 0 saturated carbocycles. The Morgan fingerprint density at radius 2 is 1.85 bits per heavy atom. The van der Waals surface area contributed by atoms with Crippen LogP contribution in [0.4, 0.5) is 5.69 Å². The minimum Gasteiger partial charge on any atom is -0.493 e. The Labute approximate surface area is 236 Å². The first-order chi connectivity index (χ1) is 19.0. The lowest BCUT2D eigenvalue weighted by molar-refractivity contribution is -0.115. The number of carbonyl (C=O) groups is 2. The molecule has 0 unspecified atom stereocenters. The predicted molar refractivity (Wildman–Crippen MR) is 156 cm³/mol. The molecule has 0 bridgehead atoms. The minimum absolute atomic E-state index is 0.0884. The molecule has 200 valence electrons. The van der Waals surface area contributed by atoms with Crippen LogP contribution in [0.5, 0.6) is 11.5 Å². The summed E-state index contributed by atoms with van der Waals surface area (Å²) in [6, 6.07) is 20.2. The molecule has 1 N–H and O–H groups in total. The van der Waals surface area contributed by atoms with Gasteiger partial charge in [-0.1, -0.05) is 35.9 Å². The van der Waals surface area contributed by atoms with E-state index in [0.29, 0.717) is 44.5 Å². The standard InChI is InChI=1S/C30H28ClN3O4S/c1-37-26-16-21(17-27-28(35)33-30(39-27)32-24-7-5-6-23(31)18-24)10-13-25(26)38-19-20-8-11-22(12-9-20)29(36)34-14-3-2-4-15-34/h5-13,16-18H,2-4,14-15,19H2,1H3,(H,32,33,35)/b27-17-. The van der Waals surface area contributed by atoms with E-state index in [4.69, 9.17) is 21.1 Å². The second kappa shape index (κ2) is 12.4. The predicted octanol–water partition coefficient (Wildman–Crippen LogP) is 6.45. The van der Waals surface area contributed by atoms with Gasteiger partial charge in [-0.25, -0.2) is 4.99 Å². The highest BCUT2D eigenvalue weighted by atomic mass is 35.5. The van der Waals surface area contributed by atoms with E-state index in [2.05, 4.69) is 10.3 Å². The number of likely N-dealkylation sites (tertiary alicyclic amines) is 1. The van der Waals surface area contributed by atoms with E-state index in [1.54, 1.807) is 25.3 Å². The topological polar surface area (TPSA) is 80.2 Å². The van der Waals surface area contributed by atoms with Gasteiger partial charge in [0.1, 0.15) is 6.61 Å². The second-order valence-electron chi connectivity index (χ2n) is 9.21. The van der Waals surface area contributed by atoms with Crippen molar-refractivity contribution < 1.29 is 19.1 Å². The maximum Gasteiger partial charge on any atom is 0.264 e. The molecule has 7 nitrogen and oxygen atoms in total. The summed E-state index contributed by atoms with van der Waals surface area (Å²) < 4.78 is 11.6. The number of nitrogens with zero attached hydrogens (tertiary/aromatic N) is 2. The van der Waals surface area contributed by atoms with Crippen LogP contribution in [0.25, 0.3) is 6.08 Å². The molecule has 0 spiro atoms. The number of piperidine rings is 1. The first-order valence-electron chi connectivity index (χ1n) is 12.7. The van der Waals surface area contributed by atoms with Crippen LogP contribution in [0.3, 0.4) is 0 Å².